The van der Waals surface area contributed by atoms with E-state index in [4.69, 9.17) is 10.5 Å². The van der Waals surface area contributed by atoms with Gasteiger partial charge in [-0.05, 0) is 64.8 Å². The molecule has 0 aliphatic heterocycles. The Morgan fingerprint density at radius 1 is 1.15 bits per heavy atom. The highest BCUT2D eigenvalue weighted by Crippen LogP contribution is 2.27. The first kappa shape index (κ1) is 14.7. The zero-order chi connectivity index (χ0) is 14.5. The van der Waals surface area contributed by atoms with Gasteiger partial charge in [0.2, 0.25) is 0 Å². The van der Waals surface area contributed by atoms with E-state index in [1.54, 1.807) is 7.11 Å². The maximum absolute atomic E-state index is 5.73. The number of benzene rings is 2. The van der Waals surface area contributed by atoms with Crippen LogP contribution in [0.1, 0.15) is 12.5 Å². The third-order valence-corrected chi connectivity index (χ3v) is 3.85. The van der Waals surface area contributed by atoms with Crippen molar-refractivity contribution in [3.05, 3.63) is 52.5 Å². The molecule has 0 fully saturated rings. The summed E-state index contributed by atoms with van der Waals surface area (Å²) in [5.41, 5.74) is 8.93. The summed E-state index contributed by atoms with van der Waals surface area (Å²) < 4.78 is 6.23. The van der Waals surface area contributed by atoms with Crippen LogP contribution < -0.4 is 15.4 Å². The molecule has 0 radical (unpaired) electrons. The molecule has 0 aliphatic rings. The number of hydrogen-bond donors (Lipinski definition) is 1. The highest BCUT2D eigenvalue weighted by Gasteiger charge is 2.07. The van der Waals surface area contributed by atoms with Gasteiger partial charge in [0.25, 0.3) is 0 Å². The Bertz CT molecular complexity index is 569. The van der Waals surface area contributed by atoms with Gasteiger partial charge in [0.1, 0.15) is 5.75 Å². The van der Waals surface area contributed by atoms with Crippen LogP contribution in [0.25, 0.3) is 0 Å². The maximum Gasteiger partial charge on any atom is 0.133 e. The predicted octanol–water partition coefficient (Wildman–Crippen LogP) is 4.07. The van der Waals surface area contributed by atoms with E-state index in [1.165, 1.54) is 11.3 Å². The lowest BCUT2D eigenvalue weighted by molar-refractivity contribution is 0.412. The van der Waals surface area contributed by atoms with Crippen molar-refractivity contribution >= 4 is 27.3 Å². The molecule has 0 aliphatic carbocycles. The normalized spacial score (nSPS) is 10.3. The number of hydrogen-bond acceptors (Lipinski definition) is 3. The molecule has 0 saturated carbocycles. The van der Waals surface area contributed by atoms with Crippen molar-refractivity contribution in [2.75, 3.05) is 24.3 Å². The highest BCUT2D eigenvalue weighted by molar-refractivity contribution is 9.10. The average Bonchev–Trinajstić information content (AvgIpc) is 2.46. The molecule has 2 aromatic carbocycles. The Labute approximate surface area is 128 Å². The molecule has 4 heteroatoms. The summed E-state index contributed by atoms with van der Waals surface area (Å²) in [7, 11) is 1.67. The van der Waals surface area contributed by atoms with Gasteiger partial charge < -0.3 is 15.4 Å². The first-order chi connectivity index (χ1) is 9.63. The van der Waals surface area contributed by atoms with Gasteiger partial charge in [-0.15, -0.1) is 0 Å². The third kappa shape index (κ3) is 3.45. The number of nitrogen functional groups attached to an aromatic ring is 1. The number of rotatable bonds is 5. The largest absolute Gasteiger partial charge is 0.496 e. The van der Waals surface area contributed by atoms with Crippen LogP contribution in [0.4, 0.5) is 11.4 Å². The molecule has 2 rings (SSSR count). The van der Waals surface area contributed by atoms with E-state index >= 15 is 0 Å². The van der Waals surface area contributed by atoms with Gasteiger partial charge in [-0.25, -0.2) is 0 Å². The topological polar surface area (TPSA) is 38.5 Å². The van der Waals surface area contributed by atoms with Crippen molar-refractivity contribution in [2.24, 2.45) is 0 Å². The lowest BCUT2D eigenvalue weighted by Crippen LogP contribution is -2.21. The summed E-state index contributed by atoms with van der Waals surface area (Å²) in [5.74, 6) is 0.851. The van der Waals surface area contributed by atoms with Crippen LogP contribution >= 0.6 is 15.9 Å². The molecule has 0 atom stereocenters. The Morgan fingerprint density at radius 2 is 1.85 bits per heavy atom. The van der Waals surface area contributed by atoms with E-state index in [9.17, 15) is 0 Å². The van der Waals surface area contributed by atoms with Gasteiger partial charge >= 0.3 is 0 Å². The number of halogens is 1. The second kappa shape index (κ2) is 6.66. The summed E-state index contributed by atoms with van der Waals surface area (Å²) >= 11 is 3.52. The molecule has 0 unspecified atom stereocenters. The van der Waals surface area contributed by atoms with Crippen LogP contribution in [-0.4, -0.2) is 13.7 Å². The van der Waals surface area contributed by atoms with E-state index < -0.39 is 0 Å². The van der Waals surface area contributed by atoms with Crippen LogP contribution in [-0.2, 0) is 6.54 Å². The first-order valence-electron chi connectivity index (χ1n) is 6.57. The molecule has 0 amide bonds. The number of nitrogens with zero attached hydrogens (tertiary/aromatic N) is 1. The molecule has 0 saturated heterocycles. The van der Waals surface area contributed by atoms with Crippen molar-refractivity contribution in [2.45, 2.75) is 13.5 Å². The fourth-order valence-electron chi connectivity index (χ4n) is 2.10. The molecule has 106 valence electrons. The minimum Gasteiger partial charge on any atom is -0.496 e. The standard InChI is InChI=1S/C16H19BrN2O/c1-3-19(14-7-5-13(18)6-8-14)11-12-4-9-16(20-2)15(17)10-12/h4-10H,3,11,18H2,1-2H3. The fraction of sp³-hybridized carbons (Fsp3) is 0.250. The van der Waals surface area contributed by atoms with Crippen LogP contribution in [0, 0.1) is 0 Å². The summed E-state index contributed by atoms with van der Waals surface area (Å²) in [6.45, 7) is 3.94. The molecule has 0 aromatic heterocycles. The Morgan fingerprint density at radius 3 is 2.40 bits per heavy atom. The minimum atomic E-state index is 0.789. The van der Waals surface area contributed by atoms with Crippen LogP contribution in [0.2, 0.25) is 0 Å². The van der Waals surface area contributed by atoms with E-state index in [2.05, 4.69) is 52.0 Å². The lowest BCUT2D eigenvalue weighted by atomic mass is 10.2. The summed E-state index contributed by atoms with van der Waals surface area (Å²) in [6, 6.07) is 14.1. The summed E-state index contributed by atoms with van der Waals surface area (Å²) in [4.78, 5) is 2.30. The van der Waals surface area contributed by atoms with E-state index in [1.807, 2.05) is 18.2 Å². The van der Waals surface area contributed by atoms with Gasteiger partial charge in [-0.3, -0.25) is 0 Å². The van der Waals surface area contributed by atoms with Crippen molar-refractivity contribution < 1.29 is 4.74 Å². The number of ether oxygens (including phenoxy) is 1. The van der Waals surface area contributed by atoms with Gasteiger partial charge in [-0.2, -0.15) is 0 Å². The van der Waals surface area contributed by atoms with Crippen LogP contribution in [0.5, 0.6) is 5.75 Å². The van der Waals surface area contributed by atoms with Gasteiger partial charge in [0, 0.05) is 24.5 Å². The lowest BCUT2D eigenvalue weighted by Gasteiger charge is -2.23. The van der Waals surface area contributed by atoms with Crippen molar-refractivity contribution in [3.8, 4) is 5.75 Å². The predicted molar refractivity (Wildman–Crippen MR) is 88.3 cm³/mol. The molecule has 0 spiro atoms. The maximum atomic E-state index is 5.73. The zero-order valence-corrected chi connectivity index (χ0v) is 13.4. The quantitative estimate of drug-likeness (QED) is 0.837. The van der Waals surface area contributed by atoms with E-state index in [0.717, 1.165) is 29.0 Å². The Balaban J connectivity index is 2.17. The molecule has 2 N–H and O–H groups in total. The van der Waals surface area contributed by atoms with Gasteiger partial charge in [-0.1, -0.05) is 6.07 Å². The van der Waals surface area contributed by atoms with Crippen LogP contribution in [0.3, 0.4) is 0 Å². The monoisotopic (exact) mass is 334 g/mol. The molecule has 0 heterocycles. The molecule has 3 nitrogen and oxygen atoms in total. The third-order valence-electron chi connectivity index (χ3n) is 3.23. The van der Waals surface area contributed by atoms with E-state index in [0.29, 0.717) is 0 Å². The Hall–Kier alpha value is -1.68. The SMILES string of the molecule is CCN(Cc1ccc(OC)c(Br)c1)c1ccc(N)cc1. The molecule has 0 bridgehead atoms. The molecule has 20 heavy (non-hydrogen) atoms. The molecule has 2 aromatic rings. The minimum absolute atomic E-state index is 0.789. The summed E-state index contributed by atoms with van der Waals surface area (Å²) in [6.07, 6.45) is 0. The molecular formula is C16H19BrN2O. The van der Waals surface area contributed by atoms with Crippen molar-refractivity contribution in [1.29, 1.82) is 0 Å². The average molecular weight is 335 g/mol. The second-order valence-electron chi connectivity index (χ2n) is 4.57. The second-order valence-corrected chi connectivity index (χ2v) is 5.43. The zero-order valence-electron chi connectivity index (χ0n) is 11.8. The van der Waals surface area contributed by atoms with Gasteiger partial charge in [0.05, 0.1) is 11.6 Å². The van der Waals surface area contributed by atoms with Crippen LogP contribution in [0.15, 0.2) is 46.9 Å². The molecular weight excluding hydrogens is 316 g/mol. The first-order valence-corrected chi connectivity index (χ1v) is 7.36. The fourth-order valence-corrected chi connectivity index (χ4v) is 2.69. The number of anilines is 2. The van der Waals surface area contributed by atoms with Crippen molar-refractivity contribution in [3.63, 3.8) is 0 Å². The number of methoxy groups -OCH3 is 1. The summed E-state index contributed by atoms with van der Waals surface area (Å²) in [5, 5.41) is 0. The highest BCUT2D eigenvalue weighted by atomic mass is 79.9. The smallest absolute Gasteiger partial charge is 0.133 e. The van der Waals surface area contributed by atoms with Gasteiger partial charge in [0.15, 0.2) is 0 Å². The van der Waals surface area contributed by atoms with Crippen molar-refractivity contribution in [1.82, 2.24) is 0 Å². The van der Waals surface area contributed by atoms with E-state index in [-0.39, 0.29) is 0 Å². The number of nitrogens with two attached hydrogens (primary N) is 1. The Kier molecular flexibility index (Phi) is 4.90.